The topological polar surface area (TPSA) is 70.3 Å². The number of fused-ring (bicyclic) bond motifs is 1. The molecular formula is C17H11N5. The van der Waals surface area contributed by atoms with Crippen molar-refractivity contribution in [2.24, 2.45) is 0 Å². The molecule has 4 aromatic rings. The van der Waals surface area contributed by atoms with Crippen molar-refractivity contribution in [3.63, 3.8) is 0 Å². The molecule has 0 fully saturated rings. The first-order valence-corrected chi connectivity index (χ1v) is 6.84. The second kappa shape index (κ2) is 4.86. The molecule has 0 saturated heterocycles. The molecule has 5 heteroatoms. The maximum Gasteiger partial charge on any atom is 0.139 e. The molecule has 1 aromatic carbocycles. The first-order valence-electron chi connectivity index (χ1n) is 6.84. The summed E-state index contributed by atoms with van der Waals surface area (Å²) in [6.07, 6.45) is 5.55. The lowest BCUT2D eigenvalue weighted by molar-refractivity contribution is 0.890. The second-order valence-electron chi connectivity index (χ2n) is 4.90. The zero-order chi connectivity index (χ0) is 14.9. The molecule has 5 nitrogen and oxygen atoms in total. The number of nitrogens with zero attached hydrogens (tertiary/aromatic N) is 4. The fourth-order valence-corrected chi connectivity index (χ4v) is 2.47. The van der Waals surface area contributed by atoms with E-state index in [0.29, 0.717) is 5.56 Å². The van der Waals surface area contributed by atoms with Crippen molar-refractivity contribution in [3.8, 4) is 23.0 Å². The van der Waals surface area contributed by atoms with E-state index in [2.05, 4.69) is 21.1 Å². The van der Waals surface area contributed by atoms with Crippen LogP contribution in [0.4, 0.5) is 0 Å². The van der Waals surface area contributed by atoms with Gasteiger partial charge in [-0.1, -0.05) is 12.1 Å². The Hall–Kier alpha value is -3.39. The number of benzene rings is 1. The number of pyridine rings is 1. The Bertz CT molecular complexity index is 986. The Balaban J connectivity index is 1.78. The van der Waals surface area contributed by atoms with Crippen molar-refractivity contribution in [2.75, 3.05) is 0 Å². The molecule has 0 bridgehead atoms. The van der Waals surface area contributed by atoms with Gasteiger partial charge in [-0.25, -0.2) is 9.67 Å². The van der Waals surface area contributed by atoms with Crippen molar-refractivity contribution < 1.29 is 0 Å². The predicted octanol–water partition coefficient (Wildman–Crippen LogP) is 3.29. The van der Waals surface area contributed by atoms with Gasteiger partial charge in [0.1, 0.15) is 5.65 Å². The number of aromatic nitrogens is 4. The van der Waals surface area contributed by atoms with E-state index in [1.807, 2.05) is 47.4 Å². The summed E-state index contributed by atoms with van der Waals surface area (Å²) in [5.41, 5.74) is 4.31. The van der Waals surface area contributed by atoms with Crippen molar-refractivity contribution in [2.45, 2.75) is 0 Å². The molecule has 0 aliphatic heterocycles. The van der Waals surface area contributed by atoms with Crippen LogP contribution >= 0.6 is 0 Å². The number of aromatic amines is 1. The zero-order valence-corrected chi connectivity index (χ0v) is 11.6. The van der Waals surface area contributed by atoms with Crippen LogP contribution in [0.25, 0.3) is 28.0 Å². The van der Waals surface area contributed by atoms with Crippen molar-refractivity contribution in [1.82, 2.24) is 19.7 Å². The van der Waals surface area contributed by atoms with Gasteiger partial charge in [0.15, 0.2) is 0 Å². The summed E-state index contributed by atoms with van der Waals surface area (Å²) >= 11 is 0. The van der Waals surface area contributed by atoms with Gasteiger partial charge >= 0.3 is 0 Å². The second-order valence-corrected chi connectivity index (χ2v) is 4.90. The van der Waals surface area contributed by atoms with Gasteiger partial charge < -0.3 is 4.98 Å². The molecule has 104 valence electrons. The molecule has 0 unspecified atom stereocenters. The Morgan fingerprint density at radius 3 is 2.73 bits per heavy atom. The molecule has 0 saturated carbocycles. The van der Waals surface area contributed by atoms with Gasteiger partial charge in [0, 0.05) is 29.5 Å². The van der Waals surface area contributed by atoms with E-state index in [9.17, 15) is 0 Å². The lowest BCUT2D eigenvalue weighted by atomic mass is 10.1. The molecule has 0 aliphatic rings. The minimum Gasteiger partial charge on any atom is -0.346 e. The molecule has 3 aromatic heterocycles. The molecule has 0 radical (unpaired) electrons. The van der Waals surface area contributed by atoms with E-state index >= 15 is 0 Å². The minimum absolute atomic E-state index is 0.645. The molecule has 3 heterocycles. The third-order valence-electron chi connectivity index (χ3n) is 3.58. The van der Waals surface area contributed by atoms with Crippen LogP contribution in [0.1, 0.15) is 5.56 Å². The van der Waals surface area contributed by atoms with Crippen molar-refractivity contribution in [1.29, 1.82) is 5.26 Å². The van der Waals surface area contributed by atoms with E-state index in [-0.39, 0.29) is 0 Å². The van der Waals surface area contributed by atoms with Gasteiger partial charge in [0.25, 0.3) is 0 Å². The first kappa shape index (κ1) is 12.4. The number of H-pyrrole nitrogens is 1. The summed E-state index contributed by atoms with van der Waals surface area (Å²) in [5, 5.41) is 14.5. The highest BCUT2D eigenvalue weighted by atomic mass is 15.3. The molecule has 1 N–H and O–H groups in total. The number of hydrogen-bond acceptors (Lipinski definition) is 3. The van der Waals surface area contributed by atoms with Crippen LogP contribution in [-0.4, -0.2) is 19.7 Å². The van der Waals surface area contributed by atoms with Crippen molar-refractivity contribution >= 4 is 11.0 Å². The molecular weight excluding hydrogens is 274 g/mol. The molecule has 4 rings (SSSR count). The number of nitriles is 1. The van der Waals surface area contributed by atoms with Gasteiger partial charge in [-0.05, 0) is 30.3 Å². The Labute approximate surface area is 126 Å². The maximum atomic E-state index is 8.85. The summed E-state index contributed by atoms with van der Waals surface area (Å²) < 4.78 is 1.84. The fourth-order valence-electron chi connectivity index (χ4n) is 2.47. The number of rotatable bonds is 2. The SMILES string of the molecule is N#Cc1ccc(-c2ccn(-c3ccnc4[nH]ccc34)n2)cc1. The monoisotopic (exact) mass is 285 g/mol. The van der Waals surface area contributed by atoms with Gasteiger partial charge in [0.05, 0.1) is 23.0 Å². The van der Waals surface area contributed by atoms with Gasteiger partial charge in [-0.3, -0.25) is 0 Å². The summed E-state index contributed by atoms with van der Waals surface area (Å²) in [6.45, 7) is 0. The van der Waals surface area contributed by atoms with E-state index in [4.69, 9.17) is 5.26 Å². The van der Waals surface area contributed by atoms with Crippen LogP contribution in [0, 0.1) is 11.3 Å². The number of hydrogen-bond donors (Lipinski definition) is 1. The lowest BCUT2D eigenvalue weighted by Crippen LogP contribution is -1.96. The first-order chi connectivity index (χ1) is 10.8. The van der Waals surface area contributed by atoms with Crippen LogP contribution in [0.3, 0.4) is 0 Å². The average Bonchev–Trinajstić information content (AvgIpc) is 3.24. The largest absolute Gasteiger partial charge is 0.346 e. The zero-order valence-electron chi connectivity index (χ0n) is 11.6. The Kier molecular flexibility index (Phi) is 2.73. The quantitative estimate of drug-likeness (QED) is 0.614. The van der Waals surface area contributed by atoms with E-state index in [0.717, 1.165) is 28.0 Å². The molecule has 22 heavy (non-hydrogen) atoms. The van der Waals surface area contributed by atoms with E-state index in [1.165, 1.54) is 0 Å². The van der Waals surface area contributed by atoms with E-state index < -0.39 is 0 Å². The smallest absolute Gasteiger partial charge is 0.139 e. The maximum absolute atomic E-state index is 8.85. The highest BCUT2D eigenvalue weighted by Crippen LogP contribution is 2.22. The molecule has 0 atom stereocenters. The summed E-state index contributed by atoms with van der Waals surface area (Å²) in [7, 11) is 0. The predicted molar refractivity (Wildman–Crippen MR) is 83.4 cm³/mol. The summed E-state index contributed by atoms with van der Waals surface area (Å²) in [4.78, 5) is 7.38. The molecule has 0 aliphatic carbocycles. The summed E-state index contributed by atoms with van der Waals surface area (Å²) in [6, 6.07) is 15.4. The third-order valence-corrected chi connectivity index (χ3v) is 3.58. The van der Waals surface area contributed by atoms with Crippen LogP contribution < -0.4 is 0 Å². The summed E-state index contributed by atoms with van der Waals surface area (Å²) in [5.74, 6) is 0. The minimum atomic E-state index is 0.645. The van der Waals surface area contributed by atoms with Gasteiger partial charge in [-0.15, -0.1) is 0 Å². The van der Waals surface area contributed by atoms with Crippen LogP contribution in [0.5, 0.6) is 0 Å². The Morgan fingerprint density at radius 1 is 1.05 bits per heavy atom. The third kappa shape index (κ3) is 1.95. The average molecular weight is 285 g/mol. The van der Waals surface area contributed by atoms with Crippen LogP contribution in [-0.2, 0) is 0 Å². The fraction of sp³-hybridized carbons (Fsp3) is 0. The standard InChI is InChI=1S/C17H11N5/c18-11-12-1-3-13(4-2-12)15-7-10-22(21-15)16-6-9-20-17-14(16)5-8-19-17/h1-10H,(H,19,20). The normalized spacial score (nSPS) is 10.7. The van der Waals surface area contributed by atoms with Crippen LogP contribution in [0.2, 0.25) is 0 Å². The van der Waals surface area contributed by atoms with E-state index in [1.54, 1.807) is 18.3 Å². The molecule has 0 spiro atoms. The Morgan fingerprint density at radius 2 is 1.91 bits per heavy atom. The van der Waals surface area contributed by atoms with Gasteiger partial charge in [-0.2, -0.15) is 10.4 Å². The highest BCUT2D eigenvalue weighted by Gasteiger charge is 2.08. The number of nitrogens with one attached hydrogen (secondary N) is 1. The lowest BCUT2D eigenvalue weighted by Gasteiger charge is -2.03. The van der Waals surface area contributed by atoms with Crippen LogP contribution in [0.15, 0.2) is 61.1 Å². The molecule has 0 amide bonds. The van der Waals surface area contributed by atoms with Gasteiger partial charge in [0.2, 0.25) is 0 Å². The van der Waals surface area contributed by atoms with Crippen molar-refractivity contribution in [3.05, 3.63) is 66.6 Å². The highest BCUT2D eigenvalue weighted by molar-refractivity contribution is 5.84.